The molecule has 0 saturated heterocycles. The molecule has 0 spiro atoms. The molecule has 14 heavy (non-hydrogen) atoms. The van der Waals surface area contributed by atoms with Crippen molar-refractivity contribution >= 4 is 17.3 Å². The van der Waals surface area contributed by atoms with Crippen LogP contribution in [-0.4, -0.2) is 17.8 Å². The molecule has 0 aromatic heterocycles. The van der Waals surface area contributed by atoms with Gasteiger partial charge in [-0.3, -0.25) is 0 Å². The fourth-order valence-corrected chi connectivity index (χ4v) is 1.19. The summed E-state index contributed by atoms with van der Waals surface area (Å²) in [6, 6.07) is 7.05. The van der Waals surface area contributed by atoms with Gasteiger partial charge >= 0.3 is 0 Å². The lowest BCUT2D eigenvalue weighted by molar-refractivity contribution is 0.208. The SMILES string of the molecule is CC(O)CNc1ccc(Cl)cc1C#N. The highest BCUT2D eigenvalue weighted by atomic mass is 35.5. The summed E-state index contributed by atoms with van der Waals surface area (Å²) in [5.41, 5.74) is 1.18. The number of nitrogens with one attached hydrogen (secondary N) is 1. The summed E-state index contributed by atoms with van der Waals surface area (Å²) < 4.78 is 0. The second-order valence-electron chi connectivity index (χ2n) is 3.03. The Labute approximate surface area is 87.9 Å². The first-order chi connectivity index (χ1) is 6.63. The molecule has 0 aliphatic heterocycles. The van der Waals surface area contributed by atoms with Crippen LogP contribution in [0.15, 0.2) is 18.2 Å². The Hall–Kier alpha value is -1.24. The number of aliphatic hydroxyl groups excluding tert-OH is 1. The minimum Gasteiger partial charge on any atom is -0.392 e. The summed E-state index contributed by atoms with van der Waals surface area (Å²) in [4.78, 5) is 0. The van der Waals surface area contributed by atoms with Gasteiger partial charge in [0.15, 0.2) is 0 Å². The molecule has 3 nitrogen and oxygen atoms in total. The van der Waals surface area contributed by atoms with E-state index in [1.54, 1.807) is 25.1 Å². The summed E-state index contributed by atoms with van der Waals surface area (Å²) in [5.74, 6) is 0. The monoisotopic (exact) mass is 210 g/mol. The average Bonchev–Trinajstić information content (AvgIpc) is 2.15. The number of benzene rings is 1. The van der Waals surface area contributed by atoms with E-state index in [4.69, 9.17) is 22.0 Å². The van der Waals surface area contributed by atoms with Crippen molar-refractivity contribution in [2.24, 2.45) is 0 Å². The van der Waals surface area contributed by atoms with Crippen LogP contribution in [0.4, 0.5) is 5.69 Å². The molecular formula is C10H11ClN2O. The van der Waals surface area contributed by atoms with Crippen LogP contribution in [0.25, 0.3) is 0 Å². The zero-order valence-electron chi connectivity index (χ0n) is 7.79. The van der Waals surface area contributed by atoms with Gasteiger partial charge in [-0.2, -0.15) is 5.26 Å². The van der Waals surface area contributed by atoms with Gasteiger partial charge in [-0.05, 0) is 25.1 Å². The Balaban J connectivity index is 2.82. The fourth-order valence-electron chi connectivity index (χ4n) is 1.02. The molecule has 1 unspecified atom stereocenters. The van der Waals surface area contributed by atoms with E-state index in [9.17, 15) is 0 Å². The number of hydrogen-bond acceptors (Lipinski definition) is 3. The summed E-state index contributed by atoms with van der Waals surface area (Å²) in [7, 11) is 0. The quantitative estimate of drug-likeness (QED) is 0.803. The Morgan fingerprint density at radius 1 is 1.64 bits per heavy atom. The minimum absolute atomic E-state index is 0.413. The van der Waals surface area contributed by atoms with Crippen LogP contribution < -0.4 is 5.32 Å². The molecule has 0 aliphatic rings. The maximum Gasteiger partial charge on any atom is 0.101 e. The van der Waals surface area contributed by atoms with Crippen molar-refractivity contribution in [3.63, 3.8) is 0 Å². The zero-order valence-corrected chi connectivity index (χ0v) is 8.54. The van der Waals surface area contributed by atoms with Gasteiger partial charge in [-0.1, -0.05) is 11.6 Å². The first-order valence-corrected chi connectivity index (χ1v) is 4.63. The molecule has 0 aliphatic carbocycles. The zero-order chi connectivity index (χ0) is 10.6. The third kappa shape index (κ3) is 2.91. The number of rotatable bonds is 3. The van der Waals surface area contributed by atoms with Gasteiger partial charge in [-0.25, -0.2) is 0 Å². The van der Waals surface area contributed by atoms with E-state index >= 15 is 0 Å². The molecule has 4 heteroatoms. The molecule has 0 bridgehead atoms. The Morgan fingerprint density at radius 2 is 2.36 bits per heavy atom. The minimum atomic E-state index is -0.447. The number of halogens is 1. The van der Waals surface area contributed by atoms with Gasteiger partial charge in [0.25, 0.3) is 0 Å². The smallest absolute Gasteiger partial charge is 0.101 e. The van der Waals surface area contributed by atoms with E-state index < -0.39 is 6.10 Å². The molecule has 0 saturated carbocycles. The molecule has 1 aromatic carbocycles. The van der Waals surface area contributed by atoms with Crippen molar-refractivity contribution in [2.75, 3.05) is 11.9 Å². The predicted octanol–water partition coefficient (Wildman–Crippen LogP) is 2.00. The first kappa shape index (κ1) is 10.8. The van der Waals surface area contributed by atoms with E-state index in [-0.39, 0.29) is 0 Å². The molecule has 0 heterocycles. The molecule has 1 atom stereocenters. The second kappa shape index (κ2) is 4.85. The number of nitriles is 1. The summed E-state index contributed by atoms with van der Waals surface area (Å²) in [6.45, 7) is 2.09. The fraction of sp³-hybridized carbons (Fsp3) is 0.300. The van der Waals surface area contributed by atoms with Gasteiger partial charge in [0.2, 0.25) is 0 Å². The molecule has 1 rings (SSSR count). The van der Waals surface area contributed by atoms with Crippen molar-refractivity contribution in [1.82, 2.24) is 0 Å². The lowest BCUT2D eigenvalue weighted by Gasteiger charge is -2.09. The third-order valence-electron chi connectivity index (χ3n) is 1.69. The van der Waals surface area contributed by atoms with Crippen LogP contribution >= 0.6 is 11.6 Å². The van der Waals surface area contributed by atoms with Crippen LogP contribution in [0.3, 0.4) is 0 Å². The lowest BCUT2D eigenvalue weighted by Crippen LogP contribution is -2.15. The average molecular weight is 211 g/mol. The maximum absolute atomic E-state index is 9.06. The Bertz CT molecular complexity index is 358. The topological polar surface area (TPSA) is 56.0 Å². The van der Waals surface area contributed by atoms with Crippen molar-refractivity contribution in [2.45, 2.75) is 13.0 Å². The van der Waals surface area contributed by atoms with Crippen molar-refractivity contribution < 1.29 is 5.11 Å². The van der Waals surface area contributed by atoms with E-state index in [0.717, 1.165) is 0 Å². The summed E-state index contributed by atoms with van der Waals surface area (Å²) in [5, 5.41) is 21.3. The Kier molecular flexibility index (Phi) is 3.75. The van der Waals surface area contributed by atoms with Crippen LogP contribution in [0, 0.1) is 11.3 Å². The molecule has 0 radical (unpaired) electrons. The van der Waals surface area contributed by atoms with Gasteiger partial charge in [0, 0.05) is 11.6 Å². The molecule has 0 fully saturated rings. The number of aliphatic hydroxyl groups is 1. The molecular weight excluding hydrogens is 200 g/mol. The highest BCUT2D eigenvalue weighted by Crippen LogP contribution is 2.19. The molecule has 0 amide bonds. The van der Waals surface area contributed by atoms with E-state index in [1.807, 2.05) is 6.07 Å². The summed E-state index contributed by atoms with van der Waals surface area (Å²) in [6.07, 6.45) is -0.447. The van der Waals surface area contributed by atoms with Crippen LogP contribution in [0.2, 0.25) is 5.02 Å². The number of hydrogen-bond donors (Lipinski definition) is 2. The third-order valence-corrected chi connectivity index (χ3v) is 1.93. The molecule has 2 N–H and O–H groups in total. The van der Waals surface area contributed by atoms with Gasteiger partial charge < -0.3 is 10.4 Å². The number of nitrogens with zero attached hydrogens (tertiary/aromatic N) is 1. The van der Waals surface area contributed by atoms with Crippen LogP contribution in [-0.2, 0) is 0 Å². The van der Waals surface area contributed by atoms with Crippen molar-refractivity contribution in [3.8, 4) is 6.07 Å². The van der Waals surface area contributed by atoms with Crippen LogP contribution in [0.1, 0.15) is 12.5 Å². The van der Waals surface area contributed by atoms with Gasteiger partial charge in [0.1, 0.15) is 6.07 Å². The largest absolute Gasteiger partial charge is 0.392 e. The van der Waals surface area contributed by atoms with Gasteiger partial charge in [-0.15, -0.1) is 0 Å². The maximum atomic E-state index is 9.06. The Morgan fingerprint density at radius 3 is 2.93 bits per heavy atom. The van der Waals surface area contributed by atoms with Crippen molar-refractivity contribution in [3.05, 3.63) is 28.8 Å². The first-order valence-electron chi connectivity index (χ1n) is 4.25. The van der Waals surface area contributed by atoms with Crippen LogP contribution in [0.5, 0.6) is 0 Å². The molecule has 1 aromatic rings. The molecule has 74 valence electrons. The van der Waals surface area contributed by atoms with E-state index in [1.165, 1.54) is 0 Å². The highest BCUT2D eigenvalue weighted by molar-refractivity contribution is 6.30. The van der Waals surface area contributed by atoms with Crippen molar-refractivity contribution in [1.29, 1.82) is 5.26 Å². The van der Waals surface area contributed by atoms with E-state index in [0.29, 0.717) is 22.8 Å². The second-order valence-corrected chi connectivity index (χ2v) is 3.47. The van der Waals surface area contributed by atoms with E-state index in [2.05, 4.69) is 5.32 Å². The number of anilines is 1. The van der Waals surface area contributed by atoms with Gasteiger partial charge in [0.05, 0.1) is 17.4 Å². The lowest BCUT2D eigenvalue weighted by atomic mass is 10.2. The predicted molar refractivity (Wildman–Crippen MR) is 56.3 cm³/mol. The summed E-state index contributed by atoms with van der Waals surface area (Å²) >= 11 is 5.73. The highest BCUT2D eigenvalue weighted by Gasteiger charge is 2.03. The normalized spacial score (nSPS) is 11.9. The standard InChI is InChI=1S/C10H11ClN2O/c1-7(14)6-13-10-3-2-9(11)4-8(10)5-12/h2-4,7,13-14H,6H2,1H3.